The second kappa shape index (κ2) is 1.60. The summed E-state index contributed by atoms with van der Waals surface area (Å²) < 4.78 is 0. The van der Waals surface area contributed by atoms with Crippen molar-refractivity contribution in [1.82, 2.24) is 10.1 Å². The highest BCUT2D eigenvalue weighted by molar-refractivity contribution is 5.71. The Kier molecular flexibility index (Phi) is 0.941. The highest BCUT2D eigenvalue weighted by Crippen LogP contribution is 1.85. The van der Waals surface area contributed by atoms with Gasteiger partial charge in [-0.3, -0.25) is 0 Å². The molecule has 1 aliphatic rings. The third-order valence-electron chi connectivity index (χ3n) is 0.678. The number of nitrogens with zero attached hydrogens (tertiary/aromatic N) is 2. The average Bonchev–Trinajstić information content (AvgIpc) is 2.14. The summed E-state index contributed by atoms with van der Waals surface area (Å²) in [6, 6.07) is 0. The first-order valence-corrected chi connectivity index (χ1v) is 1.97. The summed E-state index contributed by atoms with van der Waals surface area (Å²) in [5, 5.41) is 5.30. The molecule has 0 fully saturated rings. The Morgan fingerprint density at radius 1 is 1.71 bits per heavy atom. The van der Waals surface area contributed by atoms with E-state index in [4.69, 9.17) is 6.58 Å². The highest BCUT2D eigenvalue weighted by atomic mass is 15.4. The first-order valence-electron chi connectivity index (χ1n) is 1.97. The van der Waals surface area contributed by atoms with Gasteiger partial charge < -0.3 is 0 Å². The normalized spacial score (nSPS) is 15.7. The molecule has 0 aliphatic carbocycles. The number of hydrogen-bond acceptors (Lipinski definition) is 2. The minimum absolute atomic E-state index is 1.39. The van der Waals surface area contributed by atoms with Gasteiger partial charge in [0.1, 0.15) is 0 Å². The van der Waals surface area contributed by atoms with Crippen molar-refractivity contribution in [2.75, 3.05) is 0 Å². The van der Waals surface area contributed by atoms with Crippen molar-refractivity contribution in [3.05, 3.63) is 25.1 Å². The van der Waals surface area contributed by atoms with Gasteiger partial charge in [-0.15, -0.1) is 0 Å². The van der Waals surface area contributed by atoms with Crippen molar-refractivity contribution in [3.63, 3.8) is 0 Å². The standard InChI is InChI=1S/C5H5N2/c1-2-7-5-3-4-6-7/h1-5H/q+1. The Morgan fingerprint density at radius 3 is 2.86 bits per heavy atom. The van der Waals surface area contributed by atoms with Crippen LogP contribution in [0.25, 0.3) is 0 Å². The number of hydrazone groups is 1. The van der Waals surface area contributed by atoms with E-state index in [0.29, 0.717) is 0 Å². The molecule has 0 spiro atoms. The molecule has 1 heterocycles. The third kappa shape index (κ3) is 0.682. The lowest BCUT2D eigenvalue weighted by Gasteiger charge is -1.82. The highest BCUT2D eigenvalue weighted by Gasteiger charge is 2.03. The lowest BCUT2D eigenvalue weighted by molar-refractivity contribution is 0.495. The molecule has 2 nitrogen and oxygen atoms in total. The van der Waals surface area contributed by atoms with Gasteiger partial charge in [0, 0.05) is 6.08 Å². The molecule has 2 heteroatoms. The first kappa shape index (κ1) is 4.12. The first-order chi connectivity index (χ1) is 3.43. The quantitative estimate of drug-likeness (QED) is 0.449. The molecular weight excluding hydrogens is 88.1 g/mol. The fraction of sp³-hybridized carbons (Fsp3) is 0. The molecule has 0 aromatic carbocycles. The molecule has 0 N–H and O–H groups in total. The Morgan fingerprint density at radius 2 is 2.57 bits per heavy atom. The van der Waals surface area contributed by atoms with Crippen molar-refractivity contribution in [2.45, 2.75) is 0 Å². The average molecular weight is 93.1 g/mol. The zero-order chi connectivity index (χ0) is 5.11. The molecule has 0 aromatic heterocycles. The van der Waals surface area contributed by atoms with E-state index in [1.807, 2.05) is 6.08 Å². The fourth-order valence-electron chi connectivity index (χ4n) is 0.369. The molecule has 0 saturated heterocycles. The van der Waals surface area contributed by atoms with Crippen LogP contribution in [0.3, 0.4) is 0 Å². The predicted octanol–water partition coefficient (Wildman–Crippen LogP) is 0.0840. The van der Waals surface area contributed by atoms with Crippen LogP contribution in [0.5, 0.6) is 0 Å². The molecule has 0 unspecified atom stereocenters. The van der Waals surface area contributed by atoms with Crippen LogP contribution in [0.15, 0.2) is 18.5 Å². The molecule has 2 radical (unpaired) electrons. The van der Waals surface area contributed by atoms with Gasteiger partial charge in [0.05, 0.1) is 12.4 Å². The maximum Gasteiger partial charge on any atom is 0.277 e. The van der Waals surface area contributed by atoms with Crippen LogP contribution in [-0.2, 0) is 0 Å². The van der Waals surface area contributed by atoms with Crippen LogP contribution in [0.1, 0.15) is 0 Å². The zero-order valence-electron chi connectivity index (χ0n) is 3.78. The van der Waals surface area contributed by atoms with Crippen molar-refractivity contribution in [1.29, 1.82) is 0 Å². The van der Waals surface area contributed by atoms with Crippen LogP contribution in [0, 0.1) is 6.58 Å². The number of hydrogen-bond donors (Lipinski definition) is 0. The summed E-state index contributed by atoms with van der Waals surface area (Å²) in [5.41, 5.74) is 0. The second-order valence-electron chi connectivity index (χ2n) is 1.14. The van der Waals surface area contributed by atoms with Gasteiger partial charge >= 0.3 is 0 Å². The molecular formula is C5H5N2+. The van der Waals surface area contributed by atoms with Gasteiger partial charge in [-0.25, -0.2) is 0 Å². The van der Waals surface area contributed by atoms with E-state index in [1.165, 1.54) is 11.2 Å². The summed E-state index contributed by atoms with van der Waals surface area (Å²) in [7, 11) is 0. The fourth-order valence-corrected chi connectivity index (χ4v) is 0.369. The van der Waals surface area contributed by atoms with Crippen molar-refractivity contribution < 1.29 is 0 Å². The van der Waals surface area contributed by atoms with Gasteiger partial charge in [0.15, 0.2) is 5.10 Å². The molecule has 0 atom stereocenters. The van der Waals surface area contributed by atoms with Crippen LogP contribution in [0.4, 0.5) is 0 Å². The van der Waals surface area contributed by atoms with Crippen LogP contribution in [-0.4, -0.2) is 11.2 Å². The smallest absolute Gasteiger partial charge is 0.0708 e. The Hall–Kier alpha value is -1.05. The van der Waals surface area contributed by atoms with E-state index in [-0.39, 0.29) is 0 Å². The van der Waals surface area contributed by atoms with E-state index in [2.05, 4.69) is 5.10 Å². The SMILES string of the molecule is [CH]=CN1C=CC=[N+]1. The largest absolute Gasteiger partial charge is 0.277 e. The van der Waals surface area contributed by atoms with E-state index in [9.17, 15) is 0 Å². The molecule has 0 amide bonds. The van der Waals surface area contributed by atoms with Crippen LogP contribution in [0.2, 0.25) is 0 Å². The van der Waals surface area contributed by atoms with E-state index in [1.54, 1.807) is 12.4 Å². The Labute approximate surface area is 42.4 Å². The molecule has 0 bridgehead atoms. The molecule has 1 rings (SSSR count). The van der Waals surface area contributed by atoms with E-state index < -0.39 is 0 Å². The van der Waals surface area contributed by atoms with Gasteiger partial charge in [-0.2, -0.15) is 0 Å². The van der Waals surface area contributed by atoms with E-state index >= 15 is 0 Å². The van der Waals surface area contributed by atoms with E-state index in [0.717, 1.165) is 0 Å². The second-order valence-corrected chi connectivity index (χ2v) is 1.14. The molecule has 34 valence electrons. The molecule has 1 aliphatic heterocycles. The van der Waals surface area contributed by atoms with Crippen LogP contribution < -0.4 is 5.10 Å². The maximum absolute atomic E-state index is 5.07. The summed E-state index contributed by atoms with van der Waals surface area (Å²) in [5.74, 6) is 0. The van der Waals surface area contributed by atoms with Crippen molar-refractivity contribution in [2.24, 2.45) is 0 Å². The lowest BCUT2D eigenvalue weighted by atomic mass is 10.7. The Balaban J connectivity index is 2.59. The van der Waals surface area contributed by atoms with Crippen molar-refractivity contribution >= 4 is 6.21 Å². The zero-order valence-corrected chi connectivity index (χ0v) is 3.78. The summed E-state index contributed by atoms with van der Waals surface area (Å²) >= 11 is 0. The third-order valence-corrected chi connectivity index (χ3v) is 0.678. The molecule has 7 heavy (non-hydrogen) atoms. The van der Waals surface area contributed by atoms with Crippen LogP contribution >= 0.6 is 0 Å². The minimum atomic E-state index is 1.39. The summed E-state index contributed by atoms with van der Waals surface area (Å²) in [6.45, 7) is 5.07. The topological polar surface area (TPSA) is 17.3 Å². The molecule has 0 aromatic rings. The van der Waals surface area contributed by atoms with Crippen molar-refractivity contribution in [3.8, 4) is 0 Å². The van der Waals surface area contributed by atoms with Gasteiger partial charge in [0.2, 0.25) is 0 Å². The predicted molar refractivity (Wildman–Crippen MR) is 28.0 cm³/mol. The summed E-state index contributed by atoms with van der Waals surface area (Å²) in [6.07, 6.45) is 6.63. The monoisotopic (exact) mass is 93.0 g/mol. The molecule has 0 saturated carbocycles. The van der Waals surface area contributed by atoms with Gasteiger partial charge in [-0.1, -0.05) is 5.01 Å². The lowest BCUT2D eigenvalue weighted by Crippen LogP contribution is -2.05. The maximum atomic E-state index is 5.07. The minimum Gasteiger partial charge on any atom is -0.0708 e. The summed E-state index contributed by atoms with van der Waals surface area (Å²) in [4.78, 5) is 0. The number of allylic oxidation sites excluding steroid dienone is 1. The Bertz CT molecular complexity index is 112. The number of rotatable bonds is 1. The van der Waals surface area contributed by atoms with Gasteiger partial charge in [0.25, 0.3) is 6.21 Å². The van der Waals surface area contributed by atoms with Gasteiger partial charge in [-0.05, 0) is 6.58 Å².